The van der Waals surface area contributed by atoms with Gasteiger partial charge in [-0.05, 0) is 36.4 Å². The summed E-state index contributed by atoms with van der Waals surface area (Å²) in [4.78, 5) is 12.6. The van der Waals surface area contributed by atoms with Crippen LogP contribution in [0.15, 0.2) is 51.8 Å². The molecule has 0 saturated heterocycles. The van der Waals surface area contributed by atoms with Gasteiger partial charge in [-0.3, -0.25) is 4.79 Å². The highest BCUT2D eigenvalue weighted by molar-refractivity contribution is 9.10. The molecule has 6 heteroatoms. The summed E-state index contributed by atoms with van der Waals surface area (Å²) in [6.45, 7) is 0. The Balaban J connectivity index is 1.94. The van der Waals surface area contributed by atoms with E-state index in [1.54, 1.807) is 18.2 Å². The summed E-state index contributed by atoms with van der Waals surface area (Å²) in [6.07, 6.45) is 0. The van der Waals surface area contributed by atoms with Gasteiger partial charge in [0.2, 0.25) is 5.91 Å². The Hall–Kier alpha value is -1.53. The Morgan fingerprint density at radius 2 is 2.10 bits per heavy atom. The van der Waals surface area contributed by atoms with Crippen molar-refractivity contribution in [1.29, 1.82) is 0 Å². The van der Waals surface area contributed by atoms with Gasteiger partial charge < -0.3 is 11.1 Å². The number of nitrogen functional groups attached to an aromatic ring is 1. The van der Waals surface area contributed by atoms with Gasteiger partial charge in [0.15, 0.2) is 0 Å². The van der Waals surface area contributed by atoms with Crippen molar-refractivity contribution in [2.24, 2.45) is 0 Å². The van der Waals surface area contributed by atoms with Crippen LogP contribution in [-0.2, 0) is 4.79 Å². The van der Waals surface area contributed by atoms with E-state index in [4.69, 9.17) is 5.73 Å². The molecule has 0 aliphatic rings. The highest BCUT2D eigenvalue weighted by Crippen LogP contribution is 2.28. The van der Waals surface area contributed by atoms with E-state index in [2.05, 4.69) is 21.2 Å². The first-order chi connectivity index (χ1) is 9.54. The maximum absolute atomic E-state index is 13.0. The molecule has 0 atom stereocenters. The van der Waals surface area contributed by atoms with Gasteiger partial charge in [-0.1, -0.05) is 22.0 Å². The van der Waals surface area contributed by atoms with E-state index in [9.17, 15) is 9.18 Å². The van der Waals surface area contributed by atoms with E-state index in [1.165, 1.54) is 23.9 Å². The number of carbonyl (C=O) groups is 1. The molecule has 2 aromatic rings. The van der Waals surface area contributed by atoms with Gasteiger partial charge in [0.1, 0.15) is 5.82 Å². The van der Waals surface area contributed by atoms with Gasteiger partial charge in [0.05, 0.1) is 5.75 Å². The molecule has 2 rings (SSSR count). The smallest absolute Gasteiger partial charge is 0.234 e. The molecular weight excluding hydrogens is 343 g/mol. The second-order valence-electron chi connectivity index (χ2n) is 4.03. The first-order valence-corrected chi connectivity index (χ1v) is 7.56. The van der Waals surface area contributed by atoms with Crippen molar-refractivity contribution >= 4 is 45.0 Å². The minimum atomic E-state index is -0.383. The van der Waals surface area contributed by atoms with Crippen LogP contribution in [0.4, 0.5) is 15.8 Å². The average Bonchev–Trinajstić information content (AvgIpc) is 2.40. The average molecular weight is 355 g/mol. The lowest BCUT2D eigenvalue weighted by atomic mass is 10.3. The molecule has 0 radical (unpaired) electrons. The molecule has 2 aromatic carbocycles. The van der Waals surface area contributed by atoms with E-state index < -0.39 is 0 Å². The number of anilines is 2. The second kappa shape index (κ2) is 6.76. The monoisotopic (exact) mass is 354 g/mol. The molecular formula is C14H12BrFN2OS. The highest BCUT2D eigenvalue weighted by atomic mass is 79.9. The first kappa shape index (κ1) is 14.9. The van der Waals surface area contributed by atoms with Crippen LogP contribution in [0.3, 0.4) is 0 Å². The standard InChI is InChI=1S/C14H12BrFN2OS/c15-9-4-5-12(17)13(6-9)20-8-14(19)18-11-3-1-2-10(16)7-11/h1-7H,8,17H2,(H,18,19). The number of thioether (sulfide) groups is 1. The van der Waals surface area contributed by atoms with Crippen molar-refractivity contribution < 1.29 is 9.18 Å². The van der Waals surface area contributed by atoms with Crippen molar-refractivity contribution in [3.05, 3.63) is 52.8 Å². The van der Waals surface area contributed by atoms with Crippen LogP contribution in [0.1, 0.15) is 0 Å². The van der Waals surface area contributed by atoms with Crippen LogP contribution in [-0.4, -0.2) is 11.7 Å². The Morgan fingerprint density at radius 3 is 2.85 bits per heavy atom. The summed E-state index contributed by atoms with van der Waals surface area (Å²) >= 11 is 4.69. The molecule has 0 heterocycles. The SMILES string of the molecule is Nc1ccc(Br)cc1SCC(=O)Nc1cccc(F)c1. The minimum Gasteiger partial charge on any atom is -0.398 e. The van der Waals surface area contributed by atoms with E-state index in [-0.39, 0.29) is 17.5 Å². The fourth-order valence-electron chi connectivity index (χ4n) is 1.54. The summed E-state index contributed by atoms with van der Waals surface area (Å²) in [5, 5.41) is 2.63. The molecule has 3 N–H and O–H groups in total. The summed E-state index contributed by atoms with van der Waals surface area (Å²) in [6, 6.07) is 11.3. The quantitative estimate of drug-likeness (QED) is 0.646. The first-order valence-electron chi connectivity index (χ1n) is 5.78. The molecule has 0 saturated carbocycles. The Bertz CT molecular complexity index is 636. The zero-order valence-electron chi connectivity index (χ0n) is 10.4. The predicted molar refractivity (Wildman–Crippen MR) is 84.3 cm³/mol. The van der Waals surface area contributed by atoms with Crippen LogP contribution < -0.4 is 11.1 Å². The predicted octanol–water partition coefficient (Wildman–Crippen LogP) is 3.90. The number of benzene rings is 2. The lowest BCUT2D eigenvalue weighted by Gasteiger charge is -2.07. The molecule has 0 bridgehead atoms. The summed E-state index contributed by atoms with van der Waals surface area (Å²) in [7, 11) is 0. The number of carbonyl (C=O) groups excluding carboxylic acids is 1. The third-order valence-electron chi connectivity index (χ3n) is 2.44. The fourth-order valence-corrected chi connectivity index (χ4v) is 2.86. The van der Waals surface area contributed by atoms with E-state index in [0.29, 0.717) is 11.4 Å². The fraction of sp³-hybridized carbons (Fsp3) is 0.0714. The third kappa shape index (κ3) is 4.25. The zero-order chi connectivity index (χ0) is 14.5. The molecule has 0 unspecified atom stereocenters. The van der Waals surface area contributed by atoms with Crippen molar-refractivity contribution in [1.82, 2.24) is 0 Å². The van der Waals surface area contributed by atoms with Gasteiger partial charge in [-0.15, -0.1) is 11.8 Å². The number of rotatable bonds is 4. The number of hydrogen-bond acceptors (Lipinski definition) is 3. The molecule has 0 spiro atoms. The van der Waals surface area contributed by atoms with Crippen molar-refractivity contribution in [3.63, 3.8) is 0 Å². The molecule has 0 aliphatic carbocycles. The number of amides is 1. The van der Waals surface area contributed by atoms with E-state index in [0.717, 1.165) is 9.37 Å². The summed E-state index contributed by atoms with van der Waals surface area (Å²) in [5.74, 6) is -0.386. The number of halogens is 2. The van der Waals surface area contributed by atoms with Crippen LogP contribution in [0.2, 0.25) is 0 Å². The van der Waals surface area contributed by atoms with Gasteiger partial charge in [-0.2, -0.15) is 0 Å². The van der Waals surface area contributed by atoms with Crippen LogP contribution in [0, 0.1) is 5.82 Å². The lowest BCUT2D eigenvalue weighted by molar-refractivity contribution is -0.113. The Kier molecular flexibility index (Phi) is 5.03. The van der Waals surface area contributed by atoms with Gasteiger partial charge >= 0.3 is 0 Å². The normalized spacial score (nSPS) is 10.3. The number of hydrogen-bond donors (Lipinski definition) is 2. The highest BCUT2D eigenvalue weighted by Gasteiger charge is 2.07. The molecule has 1 amide bonds. The van der Waals surface area contributed by atoms with Crippen LogP contribution in [0.25, 0.3) is 0 Å². The van der Waals surface area contributed by atoms with Crippen LogP contribution >= 0.6 is 27.7 Å². The summed E-state index contributed by atoms with van der Waals surface area (Å²) < 4.78 is 13.9. The molecule has 3 nitrogen and oxygen atoms in total. The molecule has 20 heavy (non-hydrogen) atoms. The lowest BCUT2D eigenvalue weighted by Crippen LogP contribution is -2.14. The molecule has 104 valence electrons. The zero-order valence-corrected chi connectivity index (χ0v) is 12.8. The van der Waals surface area contributed by atoms with E-state index in [1.807, 2.05) is 12.1 Å². The van der Waals surface area contributed by atoms with Crippen LogP contribution in [0.5, 0.6) is 0 Å². The Labute approximate surface area is 128 Å². The molecule has 0 aliphatic heterocycles. The number of nitrogens with one attached hydrogen (secondary N) is 1. The molecule has 0 aromatic heterocycles. The maximum Gasteiger partial charge on any atom is 0.234 e. The second-order valence-corrected chi connectivity index (χ2v) is 5.96. The molecule has 0 fully saturated rings. The van der Waals surface area contributed by atoms with Crippen molar-refractivity contribution in [3.8, 4) is 0 Å². The van der Waals surface area contributed by atoms with Crippen molar-refractivity contribution in [2.75, 3.05) is 16.8 Å². The van der Waals surface area contributed by atoms with Gasteiger partial charge in [0, 0.05) is 20.7 Å². The number of nitrogens with two attached hydrogens (primary N) is 1. The topological polar surface area (TPSA) is 55.1 Å². The maximum atomic E-state index is 13.0. The van der Waals surface area contributed by atoms with Gasteiger partial charge in [-0.25, -0.2) is 4.39 Å². The third-order valence-corrected chi connectivity index (χ3v) is 4.01. The summed E-state index contributed by atoms with van der Waals surface area (Å²) in [5.41, 5.74) is 6.89. The van der Waals surface area contributed by atoms with Crippen molar-refractivity contribution in [2.45, 2.75) is 4.90 Å². The Morgan fingerprint density at radius 1 is 1.30 bits per heavy atom. The van der Waals surface area contributed by atoms with Gasteiger partial charge in [0.25, 0.3) is 0 Å². The largest absolute Gasteiger partial charge is 0.398 e. The minimum absolute atomic E-state index is 0.206. The van der Waals surface area contributed by atoms with E-state index >= 15 is 0 Å².